The number of amides is 1. The molecule has 7 heteroatoms. The van der Waals surface area contributed by atoms with Crippen LogP contribution in [-0.4, -0.2) is 38.5 Å². The maximum atomic E-state index is 12.5. The summed E-state index contributed by atoms with van der Waals surface area (Å²) in [5.74, 6) is 3.12. The van der Waals surface area contributed by atoms with Crippen LogP contribution >= 0.6 is 23.5 Å². The molecule has 0 aliphatic carbocycles. The number of thioether (sulfide) groups is 2. The smallest absolute Gasteiger partial charge is 0.251 e. The number of fused-ring (bicyclic) bond motifs is 1. The zero-order valence-electron chi connectivity index (χ0n) is 20.4. The second-order valence-corrected chi connectivity index (χ2v) is 10.7. The number of rotatable bonds is 12. The Bertz CT molecular complexity index is 1250. The van der Waals surface area contributed by atoms with E-state index in [9.17, 15) is 4.79 Å². The van der Waals surface area contributed by atoms with Crippen LogP contribution in [0.5, 0.6) is 0 Å². The molecule has 5 nitrogen and oxygen atoms in total. The van der Waals surface area contributed by atoms with E-state index < -0.39 is 0 Å². The SMILES string of the molecule is CCCSCCCNC(=O)c1ccc(Cn2c(SCc3cccc(C)c3)nc3ccncc32)cc1. The fourth-order valence-electron chi connectivity index (χ4n) is 3.83. The minimum atomic E-state index is -0.0104. The number of pyridine rings is 1. The molecule has 0 bridgehead atoms. The molecule has 2 aromatic heterocycles. The summed E-state index contributed by atoms with van der Waals surface area (Å²) < 4.78 is 2.21. The maximum absolute atomic E-state index is 12.5. The largest absolute Gasteiger partial charge is 0.352 e. The second-order valence-electron chi connectivity index (χ2n) is 8.54. The third kappa shape index (κ3) is 7.12. The monoisotopic (exact) mass is 504 g/mol. The van der Waals surface area contributed by atoms with Gasteiger partial charge in [0.2, 0.25) is 0 Å². The van der Waals surface area contributed by atoms with E-state index in [-0.39, 0.29) is 5.91 Å². The van der Waals surface area contributed by atoms with Gasteiger partial charge >= 0.3 is 0 Å². The molecule has 4 rings (SSSR count). The van der Waals surface area contributed by atoms with Crippen LogP contribution in [0.1, 0.15) is 46.8 Å². The van der Waals surface area contributed by atoms with Crippen LogP contribution in [0.2, 0.25) is 0 Å². The summed E-state index contributed by atoms with van der Waals surface area (Å²) in [6.07, 6.45) is 5.85. The highest BCUT2D eigenvalue weighted by atomic mass is 32.2. The number of carbonyl (C=O) groups excluding carboxylic acids is 1. The van der Waals surface area contributed by atoms with Gasteiger partial charge in [0.1, 0.15) is 0 Å². The number of carbonyl (C=O) groups is 1. The van der Waals surface area contributed by atoms with E-state index in [0.717, 1.165) is 39.7 Å². The molecule has 0 unspecified atom stereocenters. The first-order valence-electron chi connectivity index (χ1n) is 12.1. The summed E-state index contributed by atoms with van der Waals surface area (Å²) in [4.78, 5) is 21.7. The quantitative estimate of drug-likeness (QED) is 0.180. The Balaban J connectivity index is 1.42. The first-order valence-corrected chi connectivity index (χ1v) is 14.2. The van der Waals surface area contributed by atoms with Crippen molar-refractivity contribution in [2.45, 2.75) is 44.1 Å². The molecule has 0 aliphatic rings. The number of hydrogen-bond acceptors (Lipinski definition) is 5. The van der Waals surface area contributed by atoms with Crippen molar-refractivity contribution in [3.8, 4) is 0 Å². The molecule has 0 radical (unpaired) electrons. The van der Waals surface area contributed by atoms with Gasteiger partial charge in [0.25, 0.3) is 5.91 Å². The van der Waals surface area contributed by atoms with Gasteiger partial charge in [-0.3, -0.25) is 9.78 Å². The van der Waals surface area contributed by atoms with Gasteiger partial charge < -0.3 is 9.88 Å². The van der Waals surface area contributed by atoms with Crippen LogP contribution in [0.15, 0.2) is 72.1 Å². The van der Waals surface area contributed by atoms with E-state index in [0.29, 0.717) is 18.7 Å². The average molecular weight is 505 g/mol. The standard InChI is InChI=1S/C28H32N4OS2/c1-3-15-34-16-5-13-30-27(33)24-10-8-22(9-11-24)19-32-26-18-29-14-12-25(26)31-28(32)35-20-23-7-4-6-21(2)17-23/h4,6-12,14,17-18H,3,5,13,15-16,19-20H2,1-2H3,(H,30,33). The molecule has 0 saturated heterocycles. The highest BCUT2D eigenvalue weighted by molar-refractivity contribution is 7.99. The molecule has 35 heavy (non-hydrogen) atoms. The molecule has 0 fully saturated rings. The topological polar surface area (TPSA) is 59.8 Å². The Morgan fingerprint density at radius 1 is 1.06 bits per heavy atom. The van der Waals surface area contributed by atoms with Crippen molar-refractivity contribution in [2.24, 2.45) is 0 Å². The molecule has 0 saturated carbocycles. The van der Waals surface area contributed by atoms with E-state index >= 15 is 0 Å². The van der Waals surface area contributed by atoms with Gasteiger partial charge in [0.05, 0.1) is 23.8 Å². The number of aryl methyl sites for hydroxylation is 1. The summed E-state index contributed by atoms with van der Waals surface area (Å²) in [5, 5.41) is 4.00. The molecular formula is C28H32N4OS2. The molecule has 1 amide bonds. The molecular weight excluding hydrogens is 472 g/mol. The van der Waals surface area contributed by atoms with Gasteiger partial charge in [-0.1, -0.05) is 60.6 Å². The van der Waals surface area contributed by atoms with Gasteiger partial charge in [-0.15, -0.1) is 0 Å². The van der Waals surface area contributed by atoms with Crippen molar-refractivity contribution in [3.63, 3.8) is 0 Å². The number of nitrogens with one attached hydrogen (secondary N) is 1. The lowest BCUT2D eigenvalue weighted by Crippen LogP contribution is -2.24. The Morgan fingerprint density at radius 2 is 1.91 bits per heavy atom. The van der Waals surface area contributed by atoms with Crippen LogP contribution in [0.25, 0.3) is 11.0 Å². The third-order valence-corrected chi connectivity index (χ3v) is 7.94. The van der Waals surface area contributed by atoms with E-state index in [1.54, 1.807) is 18.0 Å². The minimum Gasteiger partial charge on any atom is -0.352 e. The van der Waals surface area contributed by atoms with E-state index in [1.807, 2.05) is 48.3 Å². The number of aromatic nitrogens is 3. The van der Waals surface area contributed by atoms with Crippen molar-refractivity contribution in [1.82, 2.24) is 19.9 Å². The molecule has 0 spiro atoms. The van der Waals surface area contributed by atoms with E-state index in [4.69, 9.17) is 4.98 Å². The highest BCUT2D eigenvalue weighted by Gasteiger charge is 2.13. The second kappa shape index (κ2) is 12.8. The Hall–Kier alpha value is -2.77. The van der Waals surface area contributed by atoms with Crippen molar-refractivity contribution in [2.75, 3.05) is 18.1 Å². The van der Waals surface area contributed by atoms with Crippen LogP contribution in [0.3, 0.4) is 0 Å². The predicted molar refractivity (Wildman–Crippen MR) is 148 cm³/mol. The Labute approximate surface area is 216 Å². The maximum Gasteiger partial charge on any atom is 0.251 e. The molecule has 0 atom stereocenters. The molecule has 4 aromatic rings. The fourth-order valence-corrected chi connectivity index (χ4v) is 5.63. The molecule has 0 aliphatic heterocycles. The van der Waals surface area contributed by atoms with E-state index in [2.05, 4.69) is 53.0 Å². The van der Waals surface area contributed by atoms with Crippen LogP contribution < -0.4 is 5.32 Å². The summed E-state index contributed by atoms with van der Waals surface area (Å²) in [6.45, 7) is 5.70. The molecule has 2 aromatic carbocycles. The van der Waals surface area contributed by atoms with Crippen molar-refractivity contribution in [1.29, 1.82) is 0 Å². The lowest BCUT2D eigenvalue weighted by atomic mass is 10.1. The number of imidazole rings is 1. The zero-order valence-corrected chi connectivity index (χ0v) is 22.0. The van der Waals surface area contributed by atoms with E-state index in [1.165, 1.54) is 23.3 Å². The van der Waals surface area contributed by atoms with Crippen molar-refractivity contribution >= 4 is 40.5 Å². The van der Waals surface area contributed by atoms with Gasteiger partial charge in [0.15, 0.2) is 5.16 Å². The zero-order chi connectivity index (χ0) is 24.5. The average Bonchev–Trinajstić information content (AvgIpc) is 3.22. The molecule has 2 heterocycles. The predicted octanol–water partition coefficient (Wildman–Crippen LogP) is 6.34. The lowest BCUT2D eigenvalue weighted by molar-refractivity contribution is 0.0954. The Kier molecular flexibility index (Phi) is 9.26. The molecule has 1 N–H and O–H groups in total. The first kappa shape index (κ1) is 25.3. The summed E-state index contributed by atoms with van der Waals surface area (Å²) in [7, 11) is 0. The molecule has 182 valence electrons. The summed E-state index contributed by atoms with van der Waals surface area (Å²) >= 11 is 3.68. The third-order valence-electron chi connectivity index (χ3n) is 5.62. The van der Waals surface area contributed by atoms with Gasteiger partial charge in [-0.25, -0.2) is 4.98 Å². The Morgan fingerprint density at radius 3 is 2.71 bits per heavy atom. The van der Waals surface area contributed by atoms with Crippen molar-refractivity contribution < 1.29 is 4.79 Å². The van der Waals surface area contributed by atoms with Crippen LogP contribution in [-0.2, 0) is 12.3 Å². The number of nitrogens with zero attached hydrogens (tertiary/aromatic N) is 3. The van der Waals surface area contributed by atoms with Gasteiger partial charge in [-0.05, 0) is 60.6 Å². The first-order chi connectivity index (χ1) is 17.1. The highest BCUT2D eigenvalue weighted by Crippen LogP contribution is 2.27. The lowest BCUT2D eigenvalue weighted by Gasteiger charge is -2.10. The van der Waals surface area contributed by atoms with Crippen molar-refractivity contribution in [3.05, 3.63) is 89.2 Å². The fraction of sp³-hybridized carbons (Fsp3) is 0.321. The summed E-state index contributed by atoms with van der Waals surface area (Å²) in [5.41, 5.74) is 6.33. The van der Waals surface area contributed by atoms with Gasteiger partial charge in [-0.2, -0.15) is 11.8 Å². The van der Waals surface area contributed by atoms with Gasteiger partial charge in [0, 0.05) is 24.1 Å². The summed E-state index contributed by atoms with van der Waals surface area (Å²) in [6, 6.07) is 18.4. The number of hydrogen-bond donors (Lipinski definition) is 1. The normalized spacial score (nSPS) is 11.1. The van der Waals surface area contributed by atoms with Crippen LogP contribution in [0.4, 0.5) is 0 Å². The number of benzene rings is 2. The minimum absolute atomic E-state index is 0.0104. The van der Waals surface area contributed by atoms with Crippen LogP contribution in [0, 0.1) is 6.92 Å².